The van der Waals surface area contributed by atoms with Gasteiger partial charge in [-0.3, -0.25) is 0 Å². The molecule has 0 spiro atoms. The fraction of sp³-hybridized carbons (Fsp3) is 0.714. The van der Waals surface area contributed by atoms with Gasteiger partial charge in [0.2, 0.25) is 0 Å². The third-order valence-electron chi connectivity index (χ3n) is 3.51. The maximum Gasteiger partial charge on any atom is 0.135 e. The number of nitrogens with zero attached hydrogens (tertiary/aromatic N) is 4. The number of aromatic nitrogens is 2. The SMILES string of the molecule is CC(C)c1nc(N)cc(N2CCCC2CN(C)C)n1. The van der Waals surface area contributed by atoms with Gasteiger partial charge < -0.3 is 15.5 Å². The predicted molar refractivity (Wildman–Crippen MR) is 79.5 cm³/mol. The Morgan fingerprint density at radius 3 is 2.79 bits per heavy atom. The average Bonchev–Trinajstić information content (AvgIpc) is 2.75. The molecule has 0 saturated carbocycles. The van der Waals surface area contributed by atoms with E-state index >= 15 is 0 Å². The van der Waals surface area contributed by atoms with Crippen molar-refractivity contribution in [2.24, 2.45) is 0 Å². The molecule has 1 fully saturated rings. The largest absolute Gasteiger partial charge is 0.384 e. The fourth-order valence-electron chi connectivity index (χ4n) is 2.63. The molecule has 5 heteroatoms. The summed E-state index contributed by atoms with van der Waals surface area (Å²) in [7, 11) is 4.23. The van der Waals surface area contributed by atoms with Crippen molar-refractivity contribution in [1.29, 1.82) is 0 Å². The van der Waals surface area contributed by atoms with Gasteiger partial charge in [0.05, 0.1) is 0 Å². The molecule has 2 heterocycles. The maximum atomic E-state index is 5.92. The van der Waals surface area contributed by atoms with Gasteiger partial charge in [0, 0.05) is 31.1 Å². The monoisotopic (exact) mass is 263 g/mol. The van der Waals surface area contributed by atoms with E-state index in [0.717, 1.165) is 24.7 Å². The number of hydrogen-bond donors (Lipinski definition) is 1. The van der Waals surface area contributed by atoms with Crippen LogP contribution in [-0.2, 0) is 0 Å². The lowest BCUT2D eigenvalue weighted by Gasteiger charge is -2.28. The first kappa shape index (κ1) is 14.1. The molecule has 19 heavy (non-hydrogen) atoms. The minimum absolute atomic E-state index is 0.303. The molecular formula is C14H25N5. The quantitative estimate of drug-likeness (QED) is 0.896. The van der Waals surface area contributed by atoms with Gasteiger partial charge in [0.15, 0.2) is 0 Å². The molecule has 1 unspecified atom stereocenters. The van der Waals surface area contributed by atoms with Crippen molar-refractivity contribution >= 4 is 11.6 Å². The highest BCUT2D eigenvalue weighted by atomic mass is 15.3. The van der Waals surface area contributed by atoms with Crippen LogP contribution in [0.15, 0.2) is 6.07 Å². The van der Waals surface area contributed by atoms with Crippen LogP contribution in [0.1, 0.15) is 38.4 Å². The minimum Gasteiger partial charge on any atom is -0.384 e. The van der Waals surface area contributed by atoms with Gasteiger partial charge in [-0.25, -0.2) is 9.97 Å². The van der Waals surface area contributed by atoms with E-state index in [-0.39, 0.29) is 0 Å². The Hall–Kier alpha value is -1.36. The number of hydrogen-bond acceptors (Lipinski definition) is 5. The molecule has 0 amide bonds. The molecule has 106 valence electrons. The fourth-order valence-corrected chi connectivity index (χ4v) is 2.63. The first-order valence-corrected chi connectivity index (χ1v) is 7.03. The predicted octanol–water partition coefficient (Wildman–Crippen LogP) is 1.71. The van der Waals surface area contributed by atoms with E-state index in [4.69, 9.17) is 5.73 Å². The lowest BCUT2D eigenvalue weighted by molar-refractivity contribution is 0.371. The topological polar surface area (TPSA) is 58.3 Å². The number of anilines is 2. The second kappa shape index (κ2) is 5.74. The van der Waals surface area contributed by atoms with Crippen LogP contribution in [-0.4, -0.2) is 48.1 Å². The molecule has 5 nitrogen and oxygen atoms in total. The van der Waals surface area contributed by atoms with E-state index in [1.807, 2.05) is 6.07 Å². The van der Waals surface area contributed by atoms with Crippen molar-refractivity contribution in [3.63, 3.8) is 0 Å². The Morgan fingerprint density at radius 1 is 1.42 bits per heavy atom. The van der Waals surface area contributed by atoms with Gasteiger partial charge in [-0.2, -0.15) is 0 Å². The number of rotatable bonds is 4. The van der Waals surface area contributed by atoms with Crippen LogP contribution in [0.2, 0.25) is 0 Å². The van der Waals surface area contributed by atoms with Crippen LogP contribution in [0.4, 0.5) is 11.6 Å². The highest BCUT2D eigenvalue weighted by molar-refractivity contribution is 5.49. The number of nitrogens with two attached hydrogens (primary N) is 1. The first-order valence-electron chi connectivity index (χ1n) is 7.03. The van der Waals surface area contributed by atoms with Crippen molar-refractivity contribution < 1.29 is 0 Å². The lowest BCUT2D eigenvalue weighted by Crippen LogP contribution is -2.38. The molecule has 0 radical (unpaired) electrons. The van der Waals surface area contributed by atoms with Crippen molar-refractivity contribution in [2.75, 3.05) is 37.8 Å². The van der Waals surface area contributed by atoms with Crippen molar-refractivity contribution in [3.05, 3.63) is 11.9 Å². The van der Waals surface area contributed by atoms with E-state index in [0.29, 0.717) is 17.8 Å². The summed E-state index contributed by atoms with van der Waals surface area (Å²) in [5.74, 6) is 2.70. The van der Waals surface area contributed by atoms with Gasteiger partial charge in [0.25, 0.3) is 0 Å². The second-order valence-corrected chi connectivity index (χ2v) is 5.92. The summed E-state index contributed by atoms with van der Waals surface area (Å²) in [4.78, 5) is 13.6. The molecule has 1 aromatic rings. The molecule has 2 N–H and O–H groups in total. The highest BCUT2D eigenvalue weighted by Gasteiger charge is 2.26. The maximum absolute atomic E-state index is 5.92. The Kier molecular flexibility index (Phi) is 4.24. The third kappa shape index (κ3) is 3.35. The molecule has 1 aliphatic heterocycles. The van der Waals surface area contributed by atoms with Gasteiger partial charge >= 0.3 is 0 Å². The molecule has 2 rings (SSSR count). The first-order chi connectivity index (χ1) is 8.97. The lowest BCUT2D eigenvalue weighted by atomic mass is 10.2. The summed E-state index contributed by atoms with van der Waals surface area (Å²) < 4.78 is 0. The highest BCUT2D eigenvalue weighted by Crippen LogP contribution is 2.26. The zero-order valence-corrected chi connectivity index (χ0v) is 12.4. The number of nitrogen functional groups attached to an aromatic ring is 1. The Balaban J connectivity index is 2.25. The van der Waals surface area contributed by atoms with E-state index in [2.05, 4.69) is 47.7 Å². The number of likely N-dealkylation sites (N-methyl/N-ethyl adjacent to an activating group) is 1. The zero-order chi connectivity index (χ0) is 14.0. The Bertz CT molecular complexity index is 430. The molecule has 0 bridgehead atoms. The zero-order valence-electron chi connectivity index (χ0n) is 12.4. The summed E-state index contributed by atoms with van der Waals surface area (Å²) >= 11 is 0. The van der Waals surface area contributed by atoms with Gasteiger partial charge in [0.1, 0.15) is 17.5 Å². The standard InChI is InChI=1S/C14H25N5/c1-10(2)14-16-12(15)8-13(17-14)19-7-5-6-11(19)9-18(3)4/h8,10-11H,5-7,9H2,1-4H3,(H2,15,16,17). The minimum atomic E-state index is 0.303. The summed E-state index contributed by atoms with van der Waals surface area (Å²) in [6, 6.07) is 2.43. The van der Waals surface area contributed by atoms with E-state index in [1.165, 1.54) is 12.8 Å². The third-order valence-corrected chi connectivity index (χ3v) is 3.51. The van der Waals surface area contributed by atoms with Gasteiger partial charge in [-0.05, 0) is 26.9 Å². The van der Waals surface area contributed by atoms with Gasteiger partial charge in [-0.1, -0.05) is 13.8 Å². The van der Waals surface area contributed by atoms with Crippen molar-refractivity contribution in [1.82, 2.24) is 14.9 Å². The molecule has 1 aliphatic rings. The molecule has 1 aromatic heterocycles. The van der Waals surface area contributed by atoms with Crippen LogP contribution >= 0.6 is 0 Å². The van der Waals surface area contributed by atoms with E-state index < -0.39 is 0 Å². The Labute approximate surface area is 115 Å². The second-order valence-electron chi connectivity index (χ2n) is 5.92. The van der Waals surface area contributed by atoms with Crippen LogP contribution < -0.4 is 10.6 Å². The smallest absolute Gasteiger partial charge is 0.135 e. The van der Waals surface area contributed by atoms with Crippen molar-refractivity contribution in [3.8, 4) is 0 Å². The van der Waals surface area contributed by atoms with Crippen LogP contribution in [0.5, 0.6) is 0 Å². The normalized spacial score (nSPS) is 19.7. The van der Waals surface area contributed by atoms with E-state index in [1.54, 1.807) is 0 Å². The molecule has 1 atom stereocenters. The van der Waals surface area contributed by atoms with E-state index in [9.17, 15) is 0 Å². The molecular weight excluding hydrogens is 238 g/mol. The van der Waals surface area contributed by atoms with Crippen LogP contribution in [0, 0.1) is 0 Å². The van der Waals surface area contributed by atoms with Crippen molar-refractivity contribution in [2.45, 2.75) is 38.6 Å². The van der Waals surface area contributed by atoms with Gasteiger partial charge in [-0.15, -0.1) is 0 Å². The summed E-state index contributed by atoms with van der Waals surface area (Å²) in [6.45, 7) is 6.31. The molecule has 0 aromatic carbocycles. The summed E-state index contributed by atoms with van der Waals surface area (Å²) in [5.41, 5.74) is 5.92. The summed E-state index contributed by atoms with van der Waals surface area (Å²) in [6.07, 6.45) is 2.44. The molecule has 1 saturated heterocycles. The van der Waals surface area contributed by atoms with Crippen LogP contribution in [0.3, 0.4) is 0 Å². The van der Waals surface area contributed by atoms with Crippen LogP contribution in [0.25, 0.3) is 0 Å². The molecule has 0 aliphatic carbocycles. The Morgan fingerprint density at radius 2 is 2.16 bits per heavy atom. The average molecular weight is 263 g/mol. The summed E-state index contributed by atoms with van der Waals surface area (Å²) in [5, 5.41) is 0.